The van der Waals surface area contributed by atoms with Crippen LogP contribution in [0.15, 0.2) is 35.3 Å². The van der Waals surface area contributed by atoms with Crippen LogP contribution >= 0.6 is 15.9 Å². The Hall–Kier alpha value is -1.33. The highest BCUT2D eigenvalue weighted by Gasteiger charge is 2.12. The number of unbranched alkanes of at least 4 members (excludes halogenated alkanes) is 1. The highest BCUT2D eigenvalue weighted by Crippen LogP contribution is 2.25. The van der Waals surface area contributed by atoms with Gasteiger partial charge in [0.25, 0.3) is 0 Å². The van der Waals surface area contributed by atoms with Crippen molar-refractivity contribution in [1.82, 2.24) is 4.90 Å². The first-order valence-corrected chi connectivity index (χ1v) is 7.28. The number of hydrogen-bond acceptors (Lipinski definition) is 2. The summed E-state index contributed by atoms with van der Waals surface area (Å²) in [4.78, 5) is 13.8. The molecule has 5 heteroatoms. The normalized spacial score (nSPS) is 10.2. The zero-order valence-electron chi connectivity index (χ0n) is 12.0. The number of methoxy groups -OCH3 is 1. The van der Waals surface area contributed by atoms with E-state index in [1.54, 1.807) is 19.1 Å². The molecule has 1 aromatic rings. The number of amides is 2. The van der Waals surface area contributed by atoms with E-state index < -0.39 is 0 Å². The van der Waals surface area contributed by atoms with E-state index in [0.29, 0.717) is 13.2 Å². The van der Waals surface area contributed by atoms with Crippen molar-refractivity contribution >= 4 is 27.6 Å². The summed E-state index contributed by atoms with van der Waals surface area (Å²) >= 11 is 3.47. The average Bonchev–Trinajstić information content (AvgIpc) is 2.42. The number of nitrogens with zero attached hydrogens (tertiary/aromatic N) is 1. The van der Waals surface area contributed by atoms with E-state index in [1.807, 2.05) is 24.3 Å². The largest absolute Gasteiger partial charge is 0.380 e. The minimum Gasteiger partial charge on any atom is -0.380 e. The molecule has 0 aromatic heterocycles. The summed E-state index contributed by atoms with van der Waals surface area (Å²) in [5.41, 5.74) is 1.70. The first kappa shape index (κ1) is 16.7. The predicted octanol–water partition coefficient (Wildman–Crippen LogP) is 4.03. The third kappa shape index (κ3) is 4.98. The molecule has 0 fully saturated rings. The van der Waals surface area contributed by atoms with Crippen LogP contribution in [0.1, 0.15) is 18.4 Å². The molecule has 1 rings (SSSR count). The van der Waals surface area contributed by atoms with Gasteiger partial charge in [-0.05, 0) is 25.0 Å². The lowest BCUT2D eigenvalue weighted by molar-refractivity contribution is 0.184. The molecule has 4 nitrogen and oxygen atoms in total. The molecular formula is C15H21BrN2O2. The molecule has 0 saturated carbocycles. The van der Waals surface area contributed by atoms with Gasteiger partial charge in [0.2, 0.25) is 0 Å². The van der Waals surface area contributed by atoms with Crippen LogP contribution in [0.25, 0.3) is 0 Å². The zero-order chi connectivity index (χ0) is 15.0. The van der Waals surface area contributed by atoms with Crippen LogP contribution in [-0.2, 0) is 11.3 Å². The Morgan fingerprint density at radius 3 is 2.95 bits per heavy atom. The molecule has 0 spiro atoms. The second kappa shape index (κ2) is 8.76. The highest BCUT2D eigenvalue weighted by atomic mass is 79.9. The molecule has 110 valence electrons. The van der Waals surface area contributed by atoms with Gasteiger partial charge in [-0.25, -0.2) is 4.79 Å². The minimum absolute atomic E-state index is 0.121. The summed E-state index contributed by atoms with van der Waals surface area (Å²) in [5.74, 6) is 0. The molecule has 1 aromatic carbocycles. The predicted molar refractivity (Wildman–Crippen MR) is 85.9 cm³/mol. The summed E-state index contributed by atoms with van der Waals surface area (Å²) in [6, 6.07) is 5.56. The minimum atomic E-state index is -0.121. The van der Waals surface area contributed by atoms with Crippen LogP contribution in [0.3, 0.4) is 0 Å². The zero-order valence-corrected chi connectivity index (χ0v) is 13.6. The second-order valence-electron chi connectivity index (χ2n) is 4.48. The fourth-order valence-electron chi connectivity index (χ4n) is 1.75. The Bertz CT molecular complexity index is 463. The molecule has 0 aliphatic heterocycles. The Morgan fingerprint density at radius 2 is 2.30 bits per heavy atom. The first-order chi connectivity index (χ1) is 9.60. The van der Waals surface area contributed by atoms with E-state index in [1.165, 1.54) is 0 Å². The van der Waals surface area contributed by atoms with Gasteiger partial charge in [-0.2, -0.15) is 0 Å². The summed E-state index contributed by atoms with van der Waals surface area (Å²) < 4.78 is 6.09. The van der Waals surface area contributed by atoms with E-state index in [0.717, 1.165) is 28.6 Å². The number of anilines is 1. The van der Waals surface area contributed by atoms with Crippen molar-refractivity contribution in [2.45, 2.75) is 19.4 Å². The third-order valence-electron chi connectivity index (χ3n) is 2.90. The topological polar surface area (TPSA) is 41.6 Å². The SMILES string of the molecule is C=CCCCN(C)C(=O)Nc1cccc(Br)c1COC. The fraction of sp³-hybridized carbons (Fsp3) is 0.400. The number of carbonyl (C=O) groups excluding carboxylic acids is 1. The number of allylic oxidation sites excluding steroid dienone is 1. The average molecular weight is 341 g/mol. The van der Waals surface area contributed by atoms with Crippen LogP contribution in [0.4, 0.5) is 10.5 Å². The standard InChI is InChI=1S/C15H21BrN2O2/c1-4-5-6-10-18(2)15(19)17-14-9-7-8-13(16)12(14)11-20-3/h4,7-9H,1,5-6,10-11H2,2-3H3,(H,17,19). The van der Waals surface area contributed by atoms with Crippen molar-refractivity contribution in [3.8, 4) is 0 Å². The van der Waals surface area contributed by atoms with Crippen molar-refractivity contribution in [2.24, 2.45) is 0 Å². The van der Waals surface area contributed by atoms with Gasteiger partial charge in [0.05, 0.1) is 6.61 Å². The van der Waals surface area contributed by atoms with Gasteiger partial charge in [0, 0.05) is 36.4 Å². The molecule has 0 aliphatic rings. The number of benzene rings is 1. The Labute approximate surface area is 128 Å². The van der Waals surface area contributed by atoms with Gasteiger partial charge in [0.1, 0.15) is 0 Å². The Morgan fingerprint density at radius 1 is 1.55 bits per heavy atom. The van der Waals surface area contributed by atoms with E-state index in [9.17, 15) is 4.79 Å². The van der Waals surface area contributed by atoms with E-state index >= 15 is 0 Å². The second-order valence-corrected chi connectivity index (χ2v) is 5.34. The molecule has 0 aliphatic carbocycles. The molecule has 0 atom stereocenters. The fourth-order valence-corrected chi connectivity index (χ4v) is 2.23. The van der Waals surface area contributed by atoms with Gasteiger partial charge in [-0.1, -0.05) is 28.1 Å². The lowest BCUT2D eigenvalue weighted by Gasteiger charge is -2.19. The monoisotopic (exact) mass is 340 g/mol. The van der Waals surface area contributed by atoms with Crippen LogP contribution in [0, 0.1) is 0 Å². The maximum atomic E-state index is 12.1. The van der Waals surface area contributed by atoms with Gasteiger partial charge in [0.15, 0.2) is 0 Å². The van der Waals surface area contributed by atoms with Crippen LogP contribution in [-0.4, -0.2) is 31.6 Å². The highest BCUT2D eigenvalue weighted by molar-refractivity contribution is 9.10. The molecular weight excluding hydrogens is 320 g/mol. The van der Waals surface area contributed by atoms with Crippen molar-refractivity contribution in [1.29, 1.82) is 0 Å². The number of rotatable bonds is 7. The first-order valence-electron chi connectivity index (χ1n) is 6.49. The molecule has 0 radical (unpaired) electrons. The molecule has 1 N–H and O–H groups in total. The molecule has 2 amide bonds. The third-order valence-corrected chi connectivity index (χ3v) is 3.64. The molecule has 20 heavy (non-hydrogen) atoms. The van der Waals surface area contributed by atoms with Crippen LogP contribution < -0.4 is 5.32 Å². The lowest BCUT2D eigenvalue weighted by Crippen LogP contribution is -2.32. The number of ether oxygens (including phenoxy) is 1. The maximum absolute atomic E-state index is 12.1. The van der Waals surface area contributed by atoms with Crippen LogP contribution in [0.2, 0.25) is 0 Å². The molecule has 0 saturated heterocycles. The number of hydrogen-bond donors (Lipinski definition) is 1. The molecule has 0 bridgehead atoms. The van der Waals surface area contributed by atoms with E-state index in [4.69, 9.17) is 4.74 Å². The van der Waals surface area contributed by atoms with E-state index in [2.05, 4.69) is 27.8 Å². The van der Waals surface area contributed by atoms with Crippen molar-refractivity contribution in [2.75, 3.05) is 26.0 Å². The van der Waals surface area contributed by atoms with Gasteiger partial charge < -0.3 is 15.0 Å². The number of nitrogens with one attached hydrogen (secondary N) is 1. The Balaban J connectivity index is 2.69. The van der Waals surface area contributed by atoms with Crippen molar-refractivity contribution in [3.05, 3.63) is 40.9 Å². The van der Waals surface area contributed by atoms with Crippen molar-refractivity contribution in [3.63, 3.8) is 0 Å². The van der Waals surface area contributed by atoms with Gasteiger partial charge in [-0.3, -0.25) is 0 Å². The Kier molecular flexibility index (Phi) is 7.33. The number of carbonyl (C=O) groups is 1. The number of halogens is 1. The van der Waals surface area contributed by atoms with Crippen LogP contribution in [0.5, 0.6) is 0 Å². The molecule has 0 heterocycles. The smallest absolute Gasteiger partial charge is 0.321 e. The lowest BCUT2D eigenvalue weighted by atomic mass is 10.2. The summed E-state index contributed by atoms with van der Waals surface area (Å²) in [7, 11) is 3.42. The van der Waals surface area contributed by atoms with Gasteiger partial charge >= 0.3 is 6.03 Å². The number of urea groups is 1. The van der Waals surface area contributed by atoms with Gasteiger partial charge in [-0.15, -0.1) is 6.58 Å². The summed E-state index contributed by atoms with van der Waals surface area (Å²) in [6.45, 7) is 4.82. The maximum Gasteiger partial charge on any atom is 0.321 e. The van der Waals surface area contributed by atoms with E-state index in [-0.39, 0.29) is 6.03 Å². The van der Waals surface area contributed by atoms with Crippen molar-refractivity contribution < 1.29 is 9.53 Å². The summed E-state index contributed by atoms with van der Waals surface area (Å²) in [6.07, 6.45) is 3.68. The quantitative estimate of drug-likeness (QED) is 0.601. The molecule has 0 unspecified atom stereocenters. The summed E-state index contributed by atoms with van der Waals surface area (Å²) in [5, 5.41) is 2.91.